The van der Waals surface area contributed by atoms with Crippen LogP contribution in [0.5, 0.6) is 5.75 Å². The lowest BCUT2D eigenvalue weighted by molar-refractivity contribution is -0.118. The lowest BCUT2D eigenvalue weighted by Crippen LogP contribution is -2.37. The average molecular weight is 429 g/mol. The Morgan fingerprint density at radius 3 is 2.52 bits per heavy atom. The lowest BCUT2D eigenvalue weighted by Gasteiger charge is -2.28. The monoisotopic (exact) mass is 428 g/mol. The summed E-state index contributed by atoms with van der Waals surface area (Å²) in [7, 11) is -3.25. The van der Waals surface area contributed by atoms with Crippen LogP contribution in [0.1, 0.15) is 12.8 Å². The largest absolute Gasteiger partial charge is 0.482 e. The molecule has 144 valence electrons. The molecule has 0 unspecified atom stereocenters. The van der Waals surface area contributed by atoms with Crippen molar-refractivity contribution in [3.05, 3.63) is 52.5 Å². The summed E-state index contributed by atoms with van der Waals surface area (Å²) in [5, 5.41) is 3.49. The van der Waals surface area contributed by atoms with E-state index >= 15 is 0 Å². The van der Waals surface area contributed by atoms with Gasteiger partial charge in [0.15, 0.2) is 6.61 Å². The molecule has 0 spiro atoms. The quantitative estimate of drug-likeness (QED) is 0.781. The van der Waals surface area contributed by atoms with Crippen molar-refractivity contribution in [2.45, 2.75) is 12.8 Å². The van der Waals surface area contributed by atoms with Gasteiger partial charge < -0.3 is 10.1 Å². The van der Waals surface area contributed by atoms with Gasteiger partial charge in [0.1, 0.15) is 5.75 Å². The van der Waals surface area contributed by atoms with Crippen LogP contribution in [0.3, 0.4) is 0 Å². The molecule has 1 amide bonds. The van der Waals surface area contributed by atoms with Gasteiger partial charge in [-0.1, -0.05) is 23.2 Å². The molecule has 1 saturated heterocycles. The predicted octanol–water partition coefficient (Wildman–Crippen LogP) is 3.94. The van der Waals surface area contributed by atoms with Gasteiger partial charge in [0.05, 0.1) is 16.5 Å². The van der Waals surface area contributed by atoms with Gasteiger partial charge in [-0.15, -0.1) is 0 Å². The van der Waals surface area contributed by atoms with Gasteiger partial charge in [0, 0.05) is 17.3 Å². The summed E-state index contributed by atoms with van der Waals surface area (Å²) in [6.07, 6.45) is 1.52. The van der Waals surface area contributed by atoms with Crippen LogP contribution >= 0.6 is 23.2 Å². The molecular formula is C18H18Cl2N2O4S. The standard InChI is InChI=1S/C18H18Cl2N2O4S/c19-13-3-8-17(16(20)11-13)26-12-18(23)21-14-4-6-15(7-5-14)22-9-1-2-10-27(22,24)25/h3-8,11H,1-2,9-10,12H2,(H,21,23). The van der Waals surface area contributed by atoms with E-state index in [0.29, 0.717) is 40.1 Å². The zero-order valence-electron chi connectivity index (χ0n) is 14.3. The molecule has 0 saturated carbocycles. The molecule has 9 heteroatoms. The van der Waals surface area contributed by atoms with E-state index in [2.05, 4.69) is 5.32 Å². The first-order valence-corrected chi connectivity index (χ1v) is 10.7. The molecule has 1 aliphatic rings. The molecule has 3 rings (SSSR count). The van der Waals surface area contributed by atoms with Gasteiger partial charge in [-0.25, -0.2) is 8.42 Å². The van der Waals surface area contributed by atoms with Crippen molar-refractivity contribution in [2.24, 2.45) is 0 Å². The second-order valence-corrected chi connectivity index (χ2v) is 8.91. The molecule has 1 fully saturated rings. The highest BCUT2D eigenvalue weighted by atomic mass is 35.5. The average Bonchev–Trinajstić information content (AvgIpc) is 2.61. The second-order valence-electron chi connectivity index (χ2n) is 6.05. The Morgan fingerprint density at radius 1 is 1.11 bits per heavy atom. The number of ether oxygens (including phenoxy) is 1. The van der Waals surface area contributed by atoms with E-state index < -0.39 is 10.0 Å². The summed E-state index contributed by atoms with van der Waals surface area (Å²) in [6.45, 7) is 0.257. The van der Waals surface area contributed by atoms with Crippen molar-refractivity contribution in [3.8, 4) is 5.75 Å². The Kier molecular flexibility index (Phi) is 6.14. The lowest BCUT2D eigenvalue weighted by atomic mass is 10.2. The highest BCUT2D eigenvalue weighted by Gasteiger charge is 2.25. The fraction of sp³-hybridized carbons (Fsp3) is 0.278. The third kappa shape index (κ3) is 5.06. The van der Waals surface area contributed by atoms with Crippen LogP contribution < -0.4 is 14.4 Å². The first-order chi connectivity index (χ1) is 12.8. The highest BCUT2D eigenvalue weighted by Crippen LogP contribution is 2.28. The Bertz CT molecular complexity index is 933. The number of carbonyl (C=O) groups is 1. The molecule has 2 aromatic carbocycles. The van der Waals surface area contributed by atoms with E-state index in [1.165, 1.54) is 10.4 Å². The molecule has 1 heterocycles. The number of carbonyl (C=O) groups excluding carboxylic acids is 1. The number of halogens is 2. The van der Waals surface area contributed by atoms with Crippen molar-refractivity contribution in [1.29, 1.82) is 0 Å². The predicted molar refractivity (Wildman–Crippen MR) is 107 cm³/mol. The molecule has 2 aromatic rings. The minimum atomic E-state index is -3.25. The number of hydrogen-bond acceptors (Lipinski definition) is 4. The molecule has 1 aliphatic heterocycles. The van der Waals surface area contributed by atoms with Gasteiger partial charge in [-0.2, -0.15) is 0 Å². The number of nitrogens with one attached hydrogen (secondary N) is 1. The minimum absolute atomic E-state index is 0.163. The summed E-state index contributed by atoms with van der Waals surface area (Å²) in [5.41, 5.74) is 1.14. The van der Waals surface area contributed by atoms with Crippen LogP contribution in [-0.2, 0) is 14.8 Å². The van der Waals surface area contributed by atoms with Crippen molar-refractivity contribution in [3.63, 3.8) is 0 Å². The van der Waals surface area contributed by atoms with Gasteiger partial charge >= 0.3 is 0 Å². The molecule has 0 radical (unpaired) electrons. The number of anilines is 2. The number of sulfonamides is 1. The van der Waals surface area contributed by atoms with Gasteiger partial charge in [0.25, 0.3) is 5.91 Å². The maximum absolute atomic E-state index is 12.1. The summed E-state index contributed by atoms with van der Waals surface area (Å²) in [5.74, 6) is 0.164. The topological polar surface area (TPSA) is 75.7 Å². The molecule has 0 atom stereocenters. The molecule has 0 aromatic heterocycles. The first-order valence-electron chi connectivity index (χ1n) is 8.33. The van der Waals surface area contributed by atoms with Crippen LogP contribution in [0.4, 0.5) is 11.4 Å². The number of amides is 1. The van der Waals surface area contributed by atoms with Gasteiger partial charge in [0.2, 0.25) is 10.0 Å². The first kappa shape index (κ1) is 19.8. The third-order valence-electron chi connectivity index (χ3n) is 4.04. The van der Waals surface area contributed by atoms with E-state index in [1.807, 2.05) is 0 Å². The fourth-order valence-electron chi connectivity index (χ4n) is 2.72. The van der Waals surface area contributed by atoms with Gasteiger partial charge in [-0.3, -0.25) is 9.10 Å². The second kappa shape index (κ2) is 8.37. The van der Waals surface area contributed by atoms with Crippen LogP contribution in [-0.4, -0.2) is 33.2 Å². The SMILES string of the molecule is O=C(COc1ccc(Cl)cc1Cl)Nc1ccc(N2CCCCS2(=O)=O)cc1. The van der Waals surface area contributed by atoms with E-state index in [0.717, 1.165) is 6.42 Å². The number of nitrogens with zero attached hydrogens (tertiary/aromatic N) is 1. The van der Waals surface area contributed by atoms with E-state index in [1.54, 1.807) is 36.4 Å². The van der Waals surface area contributed by atoms with E-state index in [-0.39, 0.29) is 18.3 Å². The van der Waals surface area contributed by atoms with Crippen molar-refractivity contribution in [1.82, 2.24) is 0 Å². The third-order valence-corrected chi connectivity index (χ3v) is 6.44. The molecule has 0 aliphatic carbocycles. The van der Waals surface area contributed by atoms with Crippen LogP contribution in [0.25, 0.3) is 0 Å². The molecular weight excluding hydrogens is 411 g/mol. The Morgan fingerprint density at radius 2 is 1.85 bits per heavy atom. The van der Waals surface area contributed by atoms with Crippen LogP contribution in [0, 0.1) is 0 Å². The van der Waals surface area contributed by atoms with Gasteiger partial charge in [-0.05, 0) is 55.3 Å². The van der Waals surface area contributed by atoms with Crippen molar-refractivity contribution >= 4 is 50.5 Å². The van der Waals surface area contributed by atoms with E-state index in [9.17, 15) is 13.2 Å². The zero-order chi connectivity index (χ0) is 19.4. The smallest absolute Gasteiger partial charge is 0.262 e. The summed E-state index contributed by atoms with van der Waals surface area (Å²) in [6, 6.07) is 11.4. The molecule has 6 nitrogen and oxygen atoms in total. The Hall–Kier alpha value is -1.96. The zero-order valence-corrected chi connectivity index (χ0v) is 16.6. The van der Waals surface area contributed by atoms with E-state index in [4.69, 9.17) is 27.9 Å². The highest BCUT2D eigenvalue weighted by molar-refractivity contribution is 7.92. The molecule has 27 heavy (non-hydrogen) atoms. The Labute approximate surface area is 168 Å². The summed E-state index contributed by atoms with van der Waals surface area (Å²) < 4.78 is 31.1. The number of rotatable bonds is 5. The number of hydrogen-bond donors (Lipinski definition) is 1. The van der Waals surface area contributed by atoms with Crippen molar-refractivity contribution < 1.29 is 17.9 Å². The Balaban J connectivity index is 1.58. The van der Waals surface area contributed by atoms with Crippen molar-refractivity contribution in [2.75, 3.05) is 28.5 Å². The van der Waals surface area contributed by atoms with Crippen LogP contribution in [0.15, 0.2) is 42.5 Å². The summed E-state index contributed by atoms with van der Waals surface area (Å²) >= 11 is 11.8. The normalized spacial score (nSPS) is 16.0. The molecule has 0 bridgehead atoms. The summed E-state index contributed by atoms with van der Waals surface area (Å²) in [4.78, 5) is 12.0. The fourth-order valence-corrected chi connectivity index (χ4v) is 4.83. The number of benzene rings is 2. The molecule has 1 N–H and O–H groups in total. The maximum Gasteiger partial charge on any atom is 0.262 e. The van der Waals surface area contributed by atoms with Crippen LogP contribution in [0.2, 0.25) is 10.0 Å². The maximum atomic E-state index is 12.1. The minimum Gasteiger partial charge on any atom is -0.482 e.